The summed E-state index contributed by atoms with van der Waals surface area (Å²) in [4.78, 5) is 22.7. The second-order valence-corrected chi connectivity index (χ2v) is 10.7. The number of nitrogens with one attached hydrogen (secondary N) is 1. The smallest absolute Gasteiger partial charge is 0.257 e. The van der Waals surface area contributed by atoms with Crippen molar-refractivity contribution in [1.29, 1.82) is 0 Å². The number of amides is 1. The fourth-order valence-corrected chi connectivity index (χ4v) is 5.90. The van der Waals surface area contributed by atoms with E-state index < -0.39 is 11.4 Å². The van der Waals surface area contributed by atoms with Crippen molar-refractivity contribution in [3.8, 4) is 5.75 Å². The molecule has 1 amide bonds. The van der Waals surface area contributed by atoms with Crippen LogP contribution < -0.4 is 9.46 Å². The number of rotatable bonds is 8. The number of pyridine rings is 1. The van der Waals surface area contributed by atoms with E-state index in [1.165, 1.54) is 5.56 Å². The molecular weight excluding hydrogens is 496 g/mol. The van der Waals surface area contributed by atoms with Gasteiger partial charge in [0, 0.05) is 50.4 Å². The van der Waals surface area contributed by atoms with Gasteiger partial charge >= 0.3 is 0 Å². The van der Waals surface area contributed by atoms with Crippen LogP contribution in [0.15, 0.2) is 90.0 Å². The standard InChI is InChI=1S/C30H32N4O3S/c1-22(23-8-4-3-5-9-23)21-33-16-18-34(19-17-33)30(35)26-14-13-25(20-27(26)37-2)32-38(36)28-12-6-10-24-11-7-15-31-29(24)28/h3-15,20,22,32H,16-19,21H2,1-2H3. The lowest BCUT2D eigenvalue weighted by molar-refractivity contribution is 0.0628. The van der Waals surface area contributed by atoms with Gasteiger partial charge in [-0.25, -0.2) is 4.72 Å². The number of methoxy groups -OCH3 is 1. The molecule has 0 bridgehead atoms. The van der Waals surface area contributed by atoms with Crippen LogP contribution in [0.4, 0.5) is 5.69 Å². The molecule has 8 heteroatoms. The number of aromatic nitrogens is 1. The fraction of sp³-hybridized carbons (Fsp3) is 0.267. The monoisotopic (exact) mass is 528 g/mol. The molecule has 1 N–H and O–H groups in total. The van der Waals surface area contributed by atoms with Gasteiger partial charge in [0.05, 0.1) is 18.4 Å². The van der Waals surface area contributed by atoms with Crippen molar-refractivity contribution in [3.63, 3.8) is 0 Å². The summed E-state index contributed by atoms with van der Waals surface area (Å²) in [6, 6.07) is 25.2. The van der Waals surface area contributed by atoms with Gasteiger partial charge in [-0.15, -0.1) is 0 Å². The van der Waals surface area contributed by atoms with E-state index in [0.29, 0.717) is 46.4 Å². The highest BCUT2D eigenvalue weighted by Crippen LogP contribution is 2.28. The quantitative estimate of drug-likeness (QED) is 0.326. The minimum Gasteiger partial charge on any atom is -0.588 e. The molecule has 3 aromatic carbocycles. The molecule has 5 rings (SSSR count). The highest BCUT2D eigenvalue weighted by atomic mass is 32.2. The number of anilines is 1. The second kappa shape index (κ2) is 11.9. The Kier molecular flexibility index (Phi) is 8.12. The van der Waals surface area contributed by atoms with E-state index in [1.807, 2.05) is 35.2 Å². The first-order chi connectivity index (χ1) is 18.5. The number of carbonyl (C=O) groups is 1. The molecule has 2 unspecified atom stereocenters. The van der Waals surface area contributed by atoms with Crippen molar-refractivity contribution in [2.45, 2.75) is 17.7 Å². The molecule has 38 heavy (non-hydrogen) atoms. The summed E-state index contributed by atoms with van der Waals surface area (Å²) < 4.78 is 21.7. The van der Waals surface area contributed by atoms with Crippen molar-refractivity contribution in [2.24, 2.45) is 0 Å². The van der Waals surface area contributed by atoms with Crippen LogP contribution in [0.1, 0.15) is 28.8 Å². The highest BCUT2D eigenvalue weighted by Gasteiger charge is 2.26. The van der Waals surface area contributed by atoms with Crippen molar-refractivity contribution in [2.75, 3.05) is 44.6 Å². The first kappa shape index (κ1) is 26.0. The number of hydrogen-bond acceptors (Lipinski definition) is 6. The summed E-state index contributed by atoms with van der Waals surface area (Å²) in [6.45, 7) is 6.23. The molecule has 0 saturated carbocycles. The average molecular weight is 529 g/mol. The Hall–Kier alpha value is -3.59. The number of nitrogens with zero attached hydrogens (tertiary/aromatic N) is 3. The number of ether oxygens (including phenoxy) is 1. The zero-order valence-electron chi connectivity index (χ0n) is 21.7. The number of carbonyl (C=O) groups excluding carboxylic acids is 1. The van der Waals surface area contributed by atoms with Gasteiger partial charge < -0.3 is 14.2 Å². The van der Waals surface area contributed by atoms with E-state index >= 15 is 0 Å². The molecule has 1 aliphatic rings. The van der Waals surface area contributed by atoms with Gasteiger partial charge in [0.15, 0.2) is 0 Å². The van der Waals surface area contributed by atoms with Crippen LogP contribution in [0.2, 0.25) is 0 Å². The van der Waals surface area contributed by atoms with Crippen LogP contribution in [-0.2, 0) is 11.4 Å². The molecule has 7 nitrogen and oxygen atoms in total. The maximum Gasteiger partial charge on any atom is 0.257 e. The molecule has 196 valence electrons. The Labute approximate surface area is 226 Å². The van der Waals surface area contributed by atoms with E-state index in [4.69, 9.17) is 4.74 Å². The maximum absolute atomic E-state index is 13.4. The summed E-state index contributed by atoms with van der Waals surface area (Å²) in [6.07, 6.45) is 1.69. The van der Waals surface area contributed by atoms with Gasteiger partial charge in [-0.05, 0) is 35.7 Å². The van der Waals surface area contributed by atoms with Crippen molar-refractivity contribution >= 4 is 33.9 Å². The van der Waals surface area contributed by atoms with E-state index in [2.05, 4.69) is 45.8 Å². The lowest BCUT2D eigenvalue weighted by atomic mass is 10.0. The maximum atomic E-state index is 13.4. The third-order valence-corrected chi connectivity index (χ3v) is 8.15. The summed E-state index contributed by atoms with van der Waals surface area (Å²) in [5, 5.41) is 0.924. The Morgan fingerprint density at radius 1 is 1.03 bits per heavy atom. The summed E-state index contributed by atoms with van der Waals surface area (Å²) in [5.74, 6) is 0.838. The third kappa shape index (κ3) is 5.78. The first-order valence-electron chi connectivity index (χ1n) is 12.8. The van der Waals surface area contributed by atoms with Crippen LogP contribution in [0.5, 0.6) is 5.75 Å². The number of hydrogen-bond donors (Lipinski definition) is 1. The molecule has 0 aliphatic carbocycles. The van der Waals surface area contributed by atoms with Crippen LogP contribution in [0, 0.1) is 0 Å². The summed E-state index contributed by atoms with van der Waals surface area (Å²) >= 11 is -1.53. The Balaban J connectivity index is 1.22. The summed E-state index contributed by atoms with van der Waals surface area (Å²) in [7, 11) is 1.55. The van der Waals surface area contributed by atoms with Gasteiger partial charge in [0.1, 0.15) is 22.6 Å². The molecule has 1 saturated heterocycles. The molecule has 2 heterocycles. The zero-order chi connectivity index (χ0) is 26.5. The van der Waals surface area contributed by atoms with Gasteiger partial charge in [-0.1, -0.05) is 55.5 Å². The van der Waals surface area contributed by atoms with Crippen LogP contribution in [-0.4, -0.2) is 65.1 Å². The normalized spacial score (nSPS) is 15.7. The topological polar surface area (TPSA) is 80.8 Å². The van der Waals surface area contributed by atoms with Crippen molar-refractivity contribution in [1.82, 2.24) is 14.8 Å². The van der Waals surface area contributed by atoms with Gasteiger partial charge in [-0.2, -0.15) is 0 Å². The van der Waals surface area contributed by atoms with Crippen LogP contribution in [0.25, 0.3) is 10.9 Å². The minimum absolute atomic E-state index is 0.0523. The summed E-state index contributed by atoms with van der Waals surface area (Å²) in [5.41, 5.74) is 3.13. The lowest BCUT2D eigenvalue weighted by Crippen LogP contribution is -2.49. The number of benzene rings is 3. The Bertz CT molecular complexity index is 1390. The second-order valence-electron chi connectivity index (χ2n) is 9.52. The number of fused-ring (bicyclic) bond motifs is 1. The largest absolute Gasteiger partial charge is 0.588 e. The molecule has 2 atom stereocenters. The molecule has 1 aliphatic heterocycles. The molecule has 4 aromatic rings. The minimum atomic E-state index is -1.53. The zero-order valence-corrected chi connectivity index (χ0v) is 22.5. The van der Waals surface area contributed by atoms with Crippen LogP contribution >= 0.6 is 0 Å². The van der Waals surface area contributed by atoms with Crippen LogP contribution in [0.3, 0.4) is 0 Å². The Morgan fingerprint density at radius 2 is 1.79 bits per heavy atom. The molecule has 0 radical (unpaired) electrons. The third-order valence-electron chi connectivity index (χ3n) is 7.00. The Morgan fingerprint density at radius 3 is 2.55 bits per heavy atom. The highest BCUT2D eigenvalue weighted by molar-refractivity contribution is 7.93. The van der Waals surface area contributed by atoms with Gasteiger partial charge in [-0.3, -0.25) is 14.7 Å². The molecule has 1 fully saturated rings. The predicted molar refractivity (Wildman–Crippen MR) is 152 cm³/mol. The van der Waals surface area contributed by atoms with E-state index in [-0.39, 0.29) is 5.91 Å². The molecular formula is C30H32N4O3S. The average Bonchev–Trinajstić information content (AvgIpc) is 2.97. The van der Waals surface area contributed by atoms with Gasteiger partial charge in [0.2, 0.25) is 4.90 Å². The van der Waals surface area contributed by atoms with Gasteiger partial charge in [0.25, 0.3) is 5.91 Å². The van der Waals surface area contributed by atoms with Crippen molar-refractivity contribution in [3.05, 3.63) is 96.2 Å². The number of para-hydroxylation sites is 1. The SMILES string of the molecule is COc1cc(N[S+]([O-])c2cccc3cccnc23)ccc1C(=O)N1CCN(CC(C)c2ccccc2)CC1. The molecule has 0 spiro atoms. The van der Waals surface area contributed by atoms with Crippen molar-refractivity contribution < 1.29 is 14.1 Å². The van der Waals surface area contributed by atoms with E-state index in [0.717, 1.165) is 25.0 Å². The lowest BCUT2D eigenvalue weighted by Gasteiger charge is -2.36. The first-order valence-corrected chi connectivity index (χ1v) is 14.0. The predicted octanol–water partition coefficient (Wildman–Crippen LogP) is 4.94. The fourth-order valence-electron chi connectivity index (χ4n) is 4.90. The number of piperazine rings is 1. The van der Waals surface area contributed by atoms with E-state index in [9.17, 15) is 9.35 Å². The van der Waals surface area contributed by atoms with E-state index in [1.54, 1.807) is 37.6 Å². The molecule has 1 aromatic heterocycles.